The number of nitrogens with one attached hydrogen (secondary N) is 1. The molecule has 11 N–H and O–H groups in total. The number of nitrogen functional groups attached to an aromatic ring is 2. The quantitative estimate of drug-likeness (QED) is 0.284. The molecule has 25 heavy (non-hydrogen) atoms. The van der Waals surface area contributed by atoms with Crippen LogP contribution in [0.25, 0.3) is 0 Å². The van der Waals surface area contributed by atoms with Gasteiger partial charge in [-0.1, -0.05) is 11.6 Å². The van der Waals surface area contributed by atoms with Crippen LogP contribution >= 0.6 is 11.6 Å². The Kier molecular flexibility index (Phi) is 5.80. The fourth-order valence-electron chi connectivity index (χ4n) is 2.54. The Hall–Kier alpha value is -2.82. The van der Waals surface area contributed by atoms with E-state index < -0.39 is 5.91 Å². The van der Waals surface area contributed by atoms with Gasteiger partial charge in [-0.3, -0.25) is 15.1 Å². The summed E-state index contributed by atoms with van der Waals surface area (Å²) in [5.41, 5.74) is 27.4. The van der Waals surface area contributed by atoms with Crippen molar-refractivity contribution in [2.24, 2.45) is 27.2 Å². The summed E-state index contributed by atoms with van der Waals surface area (Å²) >= 11 is 5.75. The number of carbonyl (C=O) groups is 1. The number of aromatic nitrogens is 2. The van der Waals surface area contributed by atoms with Gasteiger partial charge in [-0.05, 0) is 25.7 Å². The van der Waals surface area contributed by atoms with E-state index in [2.05, 4.69) is 25.3 Å². The molecule has 1 aromatic heterocycles. The van der Waals surface area contributed by atoms with Crippen molar-refractivity contribution in [2.75, 3.05) is 11.5 Å². The van der Waals surface area contributed by atoms with E-state index in [9.17, 15) is 4.79 Å². The van der Waals surface area contributed by atoms with E-state index in [0.29, 0.717) is 0 Å². The molecule has 0 bridgehead atoms. The van der Waals surface area contributed by atoms with Gasteiger partial charge in [0.2, 0.25) is 0 Å². The fraction of sp³-hybridized carbons (Fsp3) is 0.462. The van der Waals surface area contributed by atoms with Gasteiger partial charge in [-0.25, -0.2) is 15.0 Å². The molecule has 2 rings (SSSR count). The Bertz CT molecular complexity index is 707. The van der Waals surface area contributed by atoms with Crippen molar-refractivity contribution in [3.63, 3.8) is 0 Å². The molecule has 0 radical (unpaired) electrons. The fourth-order valence-corrected chi connectivity index (χ4v) is 2.67. The number of halogens is 1. The van der Waals surface area contributed by atoms with E-state index in [0.717, 1.165) is 25.7 Å². The first-order valence-corrected chi connectivity index (χ1v) is 7.96. The van der Waals surface area contributed by atoms with Gasteiger partial charge in [-0.15, -0.1) is 0 Å². The Morgan fingerprint density at radius 3 is 2.12 bits per heavy atom. The third-order valence-corrected chi connectivity index (χ3v) is 3.96. The monoisotopic (exact) mass is 368 g/mol. The van der Waals surface area contributed by atoms with Crippen LogP contribution in [0, 0.1) is 0 Å². The zero-order valence-corrected chi connectivity index (χ0v) is 14.2. The minimum absolute atomic E-state index is 0.0239. The maximum absolute atomic E-state index is 12.2. The molecule has 0 saturated heterocycles. The Morgan fingerprint density at radius 1 is 1.00 bits per heavy atom. The number of hydrogen-bond acceptors (Lipinski definition) is 7. The van der Waals surface area contributed by atoms with Gasteiger partial charge in [0.25, 0.3) is 5.91 Å². The van der Waals surface area contributed by atoms with Crippen molar-refractivity contribution in [1.82, 2.24) is 15.3 Å². The van der Waals surface area contributed by atoms with Crippen LogP contribution in [0.15, 0.2) is 9.98 Å². The molecule has 1 aromatic rings. The summed E-state index contributed by atoms with van der Waals surface area (Å²) in [6, 6.07) is 0.0726. The highest BCUT2D eigenvalue weighted by molar-refractivity contribution is 6.31. The third kappa shape index (κ3) is 5.08. The van der Waals surface area contributed by atoms with Gasteiger partial charge in [-0.2, -0.15) is 0 Å². The van der Waals surface area contributed by atoms with E-state index >= 15 is 0 Å². The van der Waals surface area contributed by atoms with Crippen molar-refractivity contribution in [3.05, 3.63) is 10.8 Å². The minimum atomic E-state index is -0.664. The first kappa shape index (κ1) is 18.5. The number of nitrogens with two attached hydrogens (primary N) is 5. The molecule has 0 aromatic carbocycles. The topological polar surface area (TPSA) is 210 Å². The van der Waals surface area contributed by atoms with Crippen molar-refractivity contribution >= 4 is 41.1 Å². The molecular formula is C13H21ClN10O. The van der Waals surface area contributed by atoms with E-state index in [-0.39, 0.29) is 46.5 Å². The summed E-state index contributed by atoms with van der Waals surface area (Å²) in [5, 5.41) is 2.30. The molecule has 1 saturated carbocycles. The Balaban J connectivity index is 1.97. The predicted octanol–water partition coefficient (Wildman–Crippen LogP) is -1.08. The third-order valence-electron chi connectivity index (χ3n) is 3.68. The Labute approximate surface area is 149 Å². The van der Waals surface area contributed by atoms with Gasteiger partial charge in [0.15, 0.2) is 34.4 Å². The number of anilines is 2. The lowest BCUT2D eigenvalue weighted by Gasteiger charge is -2.23. The summed E-state index contributed by atoms with van der Waals surface area (Å²) in [5.74, 6) is -0.828. The number of rotatable bonds is 3. The van der Waals surface area contributed by atoms with Crippen LogP contribution in [0.1, 0.15) is 36.2 Å². The SMILES string of the molecule is NC(N)=NC1CCC(N=C(N)NC(=O)c2nc(Cl)c(N)nc2N)CC1. The molecular weight excluding hydrogens is 348 g/mol. The summed E-state index contributed by atoms with van der Waals surface area (Å²) in [6.07, 6.45) is 3.10. The number of amides is 1. The smallest absolute Gasteiger partial charge is 0.280 e. The second kappa shape index (κ2) is 7.83. The molecule has 11 nitrogen and oxygen atoms in total. The number of aliphatic imine (C=N–C) groups is 2. The van der Waals surface area contributed by atoms with Crippen molar-refractivity contribution in [2.45, 2.75) is 37.8 Å². The molecule has 0 atom stereocenters. The number of nitrogens with zero attached hydrogens (tertiary/aromatic N) is 4. The summed E-state index contributed by atoms with van der Waals surface area (Å²) in [4.78, 5) is 28.1. The van der Waals surface area contributed by atoms with Crippen LogP contribution in [0.2, 0.25) is 5.15 Å². The molecule has 0 unspecified atom stereocenters. The zero-order valence-electron chi connectivity index (χ0n) is 13.4. The summed E-state index contributed by atoms with van der Waals surface area (Å²) < 4.78 is 0. The van der Waals surface area contributed by atoms with Gasteiger partial charge in [0.1, 0.15) is 0 Å². The molecule has 0 spiro atoms. The van der Waals surface area contributed by atoms with Gasteiger partial charge >= 0.3 is 0 Å². The molecule has 1 fully saturated rings. The number of guanidine groups is 2. The normalized spacial score (nSPS) is 20.8. The highest BCUT2D eigenvalue weighted by Gasteiger charge is 2.21. The van der Waals surface area contributed by atoms with Crippen LogP contribution in [-0.4, -0.2) is 39.9 Å². The van der Waals surface area contributed by atoms with E-state index in [1.54, 1.807) is 0 Å². The minimum Gasteiger partial charge on any atom is -0.382 e. The molecule has 1 heterocycles. The highest BCUT2D eigenvalue weighted by atomic mass is 35.5. The summed E-state index contributed by atoms with van der Waals surface area (Å²) in [6.45, 7) is 0. The number of hydrogen-bond donors (Lipinski definition) is 6. The molecule has 1 aliphatic carbocycles. The van der Waals surface area contributed by atoms with Crippen LogP contribution in [0.5, 0.6) is 0 Å². The van der Waals surface area contributed by atoms with E-state index in [1.807, 2.05) is 0 Å². The first-order valence-electron chi connectivity index (χ1n) is 7.58. The second-order valence-electron chi connectivity index (χ2n) is 5.62. The molecule has 0 aliphatic heterocycles. The van der Waals surface area contributed by atoms with E-state index in [1.165, 1.54) is 0 Å². The van der Waals surface area contributed by atoms with Crippen LogP contribution in [0.3, 0.4) is 0 Å². The summed E-state index contributed by atoms with van der Waals surface area (Å²) in [7, 11) is 0. The van der Waals surface area contributed by atoms with Gasteiger partial charge < -0.3 is 28.7 Å². The average molecular weight is 369 g/mol. The van der Waals surface area contributed by atoms with Crippen molar-refractivity contribution in [3.8, 4) is 0 Å². The highest BCUT2D eigenvalue weighted by Crippen LogP contribution is 2.23. The molecule has 136 valence electrons. The van der Waals surface area contributed by atoms with Crippen molar-refractivity contribution in [1.29, 1.82) is 0 Å². The number of carbonyl (C=O) groups excluding carboxylic acids is 1. The van der Waals surface area contributed by atoms with Crippen LogP contribution in [-0.2, 0) is 0 Å². The lowest BCUT2D eigenvalue weighted by Crippen LogP contribution is -2.39. The average Bonchev–Trinajstić information content (AvgIpc) is 2.52. The van der Waals surface area contributed by atoms with Crippen molar-refractivity contribution < 1.29 is 4.79 Å². The zero-order chi connectivity index (χ0) is 18.6. The standard InChI is InChI=1S/C13H21ClN10O/c14-8-10(16)23-9(15)7(22-8)11(25)24-13(19)21-6-3-1-5(2-4-6)20-12(17)18/h5-6H,1-4H2,(H4,15,16,23)(H4,17,18,20)(H3,19,21,24,25). The van der Waals surface area contributed by atoms with Crippen LogP contribution in [0.4, 0.5) is 11.6 Å². The predicted molar refractivity (Wildman–Crippen MR) is 96.8 cm³/mol. The second-order valence-corrected chi connectivity index (χ2v) is 5.98. The molecule has 1 amide bonds. The largest absolute Gasteiger partial charge is 0.382 e. The van der Waals surface area contributed by atoms with Crippen LogP contribution < -0.4 is 34.0 Å². The van der Waals surface area contributed by atoms with E-state index in [4.69, 9.17) is 40.3 Å². The maximum atomic E-state index is 12.2. The lowest BCUT2D eigenvalue weighted by molar-refractivity contribution is 0.0972. The molecule has 12 heteroatoms. The molecule has 1 aliphatic rings. The Morgan fingerprint density at radius 2 is 1.56 bits per heavy atom. The van der Waals surface area contributed by atoms with Gasteiger partial charge in [0, 0.05) is 0 Å². The first-order chi connectivity index (χ1) is 11.8. The lowest BCUT2D eigenvalue weighted by atomic mass is 9.92. The van der Waals surface area contributed by atoms with Gasteiger partial charge in [0.05, 0.1) is 12.1 Å². The maximum Gasteiger partial charge on any atom is 0.280 e.